The lowest BCUT2D eigenvalue weighted by atomic mass is 9.91. The van der Waals surface area contributed by atoms with Crippen molar-refractivity contribution in [3.63, 3.8) is 0 Å². The van der Waals surface area contributed by atoms with Crippen molar-refractivity contribution < 1.29 is 9.90 Å². The molecule has 1 amide bonds. The summed E-state index contributed by atoms with van der Waals surface area (Å²) in [4.78, 5) is 32.3. The third kappa shape index (κ3) is 9.43. The highest BCUT2D eigenvalue weighted by Crippen LogP contribution is 2.27. The maximum atomic E-state index is 13.3. The molecule has 4 N–H and O–H groups in total. The van der Waals surface area contributed by atoms with Crippen LogP contribution in [0.1, 0.15) is 63.4 Å². The highest BCUT2D eigenvalue weighted by Gasteiger charge is 2.32. The Labute approximate surface area is 255 Å². The molecule has 2 aromatic heterocycles. The van der Waals surface area contributed by atoms with Gasteiger partial charge in [0.25, 0.3) is 5.56 Å². The van der Waals surface area contributed by atoms with Gasteiger partial charge >= 0.3 is 0 Å². The number of benzene rings is 1. The number of unbranched alkanes of at least 4 members (excludes halogenated alkanes) is 6. The van der Waals surface area contributed by atoms with Crippen LogP contribution in [0.3, 0.4) is 0 Å². The molecule has 3 aromatic rings. The standard InChI is InChI=1S/C32H50N8O3/c1-33-17-9-7-5-4-6-8-10-18-35-27(41)22-34-21-25-11-13-26(14-12-25)30-28-29(37-39(30)3)31(42)40(24-36-28)23-32(43)15-19-38(2)20-16-32/h11-14,24,33-34,43H,4-10,15-23H2,1-3H3,(H,35,41). The van der Waals surface area contributed by atoms with Crippen LogP contribution in [0.5, 0.6) is 0 Å². The first-order valence-corrected chi connectivity index (χ1v) is 15.8. The first kappa shape index (κ1) is 32.8. The van der Waals surface area contributed by atoms with Gasteiger partial charge in [-0.3, -0.25) is 18.8 Å². The summed E-state index contributed by atoms with van der Waals surface area (Å²) in [5, 5.41) is 24.9. The largest absolute Gasteiger partial charge is 0.388 e. The minimum atomic E-state index is -0.917. The zero-order valence-electron chi connectivity index (χ0n) is 26.2. The van der Waals surface area contributed by atoms with Crippen LogP contribution in [0.25, 0.3) is 22.3 Å². The normalized spacial score (nSPS) is 15.3. The second-order valence-corrected chi connectivity index (χ2v) is 12.1. The molecule has 236 valence electrons. The van der Waals surface area contributed by atoms with E-state index < -0.39 is 5.60 Å². The fraction of sp³-hybridized carbons (Fsp3) is 0.625. The molecule has 0 aliphatic carbocycles. The molecule has 0 saturated carbocycles. The van der Waals surface area contributed by atoms with Gasteiger partial charge in [-0.15, -0.1) is 0 Å². The molecular formula is C32H50N8O3. The second kappa shape index (κ2) is 16.1. The van der Waals surface area contributed by atoms with Crippen LogP contribution in [-0.4, -0.2) is 87.7 Å². The van der Waals surface area contributed by atoms with Crippen molar-refractivity contribution >= 4 is 16.9 Å². The van der Waals surface area contributed by atoms with Gasteiger partial charge in [0, 0.05) is 38.8 Å². The number of aromatic nitrogens is 4. The van der Waals surface area contributed by atoms with Gasteiger partial charge in [-0.05, 0) is 51.9 Å². The summed E-state index contributed by atoms with van der Waals surface area (Å²) in [6.45, 7) is 4.49. The van der Waals surface area contributed by atoms with E-state index in [-0.39, 0.29) is 24.6 Å². The molecule has 1 saturated heterocycles. The van der Waals surface area contributed by atoms with Gasteiger partial charge in [-0.1, -0.05) is 56.4 Å². The van der Waals surface area contributed by atoms with Gasteiger partial charge in [0.05, 0.1) is 30.7 Å². The monoisotopic (exact) mass is 594 g/mol. The summed E-state index contributed by atoms with van der Waals surface area (Å²) in [6, 6.07) is 7.99. The van der Waals surface area contributed by atoms with Crippen LogP contribution in [0.2, 0.25) is 0 Å². The number of fused-ring (bicyclic) bond motifs is 1. The Morgan fingerprint density at radius 2 is 1.60 bits per heavy atom. The van der Waals surface area contributed by atoms with E-state index in [1.807, 2.05) is 45.4 Å². The smallest absolute Gasteiger partial charge is 0.281 e. The number of aryl methyl sites for hydroxylation is 1. The van der Waals surface area contributed by atoms with Crippen molar-refractivity contribution in [1.82, 2.24) is 40.2 Å². The Morgan fingerprint density at radius 3 is 2.28 bits per heavy atom. The maximum Gasteiger partial charge on any atom is 0.281 e. The number of hydrogen-bond donors (Lipinski definition) is 4. The summed E-state index contributed by atoms with van der Waals surface area (Å²) in [6.07, 6.45) is 11.3. The van der Waals surface area contributed by atoms with Gasteiger partial charge < -0.3 is 26.0 Å². The zero-order valence-corrected chi connectivity index (χ0v) is 26.2. The number of hydrogen-bond acceptors (Lipinski definition) is 8. The number of rotatable bonds is 17. The third-order valence-electron chi connectivity index (χ3n) is 8.46. The number of carbonyl (C=O) groups excluding carboxylic acids is 1. The van der Waals surface area contributed by atoms with Crippen LogP contribution in [0, 0.1) is 0 Å². The number of carbonyl (C=O) groups is 1. The van der Waals surface area contributed by atoms with Gasteiger partial charge in [0.1, 0.15) is 5.52 Å². The lowest BCUT2D eigenvalue weighted by Crippen LogP contribution is -2.47. The molecule has 0 atom stereocenters. The fourth-order valence-corrected chi connectivity index (χ4v) is 5.74. The first-order valence-electron chi connectivity index (χ1n) is 15.8. The second-order valence-electron chi connectivity index (χ2n) is 12.1. The molecule has 0 spiro atoms. The van der Waals surface area contributed by atoms with Crippen LogP contribution in [0.15, 0.2) is 35.4 Å². The van der Waals surface area contributed by atoms with E-state index in [4.69, 9.17) is 0 Å². The van der Waals surface area contributed by atoms with Gasteiger partial charge in [0.2, 0.25) is 5.91 Å². The Bertz CT molecular complexity index is 1360. The summed E-state index contributed by atoms with van der Waals surface area (Å²) < 4.78 is 3.18. The van der Waals surface area contributed by atoms with Crippen LogP contribution < -0.4 is 21.5 Å². The van der Waals surface area contributed by atoms with E-state index in [0.717, 1.165) is 55.8 Å². The molecule has 1 aliphatic rings. The van der Waals surface area contributed by atoms with Crippen molar-refractivity contribution in [3.05, 3.63) is 46.5 Å². The summed E-state index contributed by atoms with van der Waals surface area (Å²) in [5.41, 5.74) is 2.42. The minimum Gasteiger partial charge on any atom is -0.388 e. The quantitative estimate of drug-likeness (QED) is 0.176. The molecule has 11 nitrogen and oxygen atoms in total. The molecule has 1 aromatic carbocycles. The maximum absolute atomic E-state index is 13.3. The van der Waals surface area contributed by atoms with E-state index in [9.17, 15) is 14.7 Å². The van der Waals surface area contributed by atoms with E-state index >= 15 is 0 Å². The van der Waals surface area contributed by atoms with Crippen molar-refractivity contribution in [2.24, 2.45) is 7.05 Å². The molecule has 43 heavy (non-hydrogen) atoms. The van der Waals surface area contributed by atoms with Crippen molar-refractivity contribution in [2.45, 2.75) is 76.5 Å². The zero-order chi connectivity index (χ0) is 30.7. The van der Waals surface area contributed by atoms with E-state index in [1.54, 1.807) is 4.68 Å². The van der Waals surface area contributed by atoms with Gasteiger partial charge in [0.15, 0.2) is 5.52 Å². The molecule has 0 radical (unpaired) electrons. The number of aliphatic hydroxyl groups is 1. The number of nitrogens with zero attached hydrogens (tertiary/aromatic N) is 5. The van der Waals surface area contributed by atoms with Crippen LogP contribution in [-0.2, 0) is 24.9 Å². The molecule has 4 rings (SSSR count). The first-order chi connectivity index (χ1) is 20.8. The summed E-state index contributed by atoms with van der Waals surface area (Å²) in [7, 11) is 5.85. The molecule has 0 bridgehead atoms. The van der Waals surface area contributed by atoms with Crippen molar-refractivity contribution in [2.75, 3.05) is 46.8 Å². The van der Waals surface area contributed by atoms with Gasteiger partial charge in [-0.25, -0.2) is 4.98 Å². The predicted octanol–water partition coefficient (Wildman–Crippen LogP) is 2.41. The number of piperidine rings is 1. The molecule has 0 unspecified atom stereocenters. The molecular weight excluding hydrogens is 544 g/mol. The lowest BCUT2D eigenvalue weighted by molar-refractivity contribution is -0.120. The van der Waals surface area contributed by atoms with Gasteiger partial charge in [-0.2, -0.15) is 5.10 Å². The number of likely N-dealkylation sites (tertiary alicyclic amines) is 1. The number of nitrogens with one attached hydrogen (secondary N) is 3. The van der Waals surface area contributed by atoms with E-state index in [2.05, 4.69) is 30.9 Å². The predicted molar refractivity (Wildman–Crippen MR) is 171 cm³/mol. The molecule has 1 aliphatic heterocycles. The van der Waals surface area contributed by atoms with Crippen molar-refractivity contribution in [1.29, 1.82) is 0 Å². The summed E-state index contributed by atoms with van der Waals surface area (Å²) in [5.74, 6) is 0.0183. The average molecular weight is 595 g/mol. The lowest BCUT2D eigenvalue weighted by Gasteiger charge is -2.36. The van der Waals surface area contributed by atoms with Crippen LogP contribution >= 0.6 is 0 Å². The van der Waals surface area contributed by atoms with E-state index in [1.165, 1.54) is 43.0 Å². The highest BCUT2D eigenvalue weighted by molar-refractivity contribution is 5.89. The Morgan fingerprint density at radius 1 is 0.953 bits per heavy atom. The Balaban J connectivity index is 1.23. The summed E-state index contributed by atoms with van der Waals surface area (Å²) >= 11 is 0. The average Bonchev–Trinajstić information content (AvgIpc) is 3.34. The van der Waals surface area contributed by atoms with Crippen molar-refractivity contribution in [3.8, 4) is 11.3 Å². The highest BCUT2D eigenvalue weighted by atomic mass is 16.3. The Hall–Kier alpha value is -3.12. The fourth-order valence-electron chi connectivity index (χ4n) is 5.74. The third-order valence-corrected chi connectivity index (χ3v) is 8.46. The number of amides is 1. The van der Waals surface area contributed by atoms with E-state index in [0.29, 0.717) is 30.4 Å². The topological polar surface area (TPSA) is 129 Å². The Kier molecular flexibility index (Phi) is 12.3. The molecule has 3 heterocycles. The molecule has 11 heteroatoms. The SMILES string of the molecule is CNCCCCCCCCCNC(=O)CNCc1ccc(-c2c3ncn(CC4(O)CCN(C)CC4)c(=O)c3nn2C)cc1. The molecule has 1 fully saturated rings. The van der Waals surface area contributed by atoms with Crippen LogP contribution in [0.4, 0.5) is 0 Å². The minimum absolute atomic E-state index is 0.0183.